The van der Waals surface area contributed by atoms with E-state index >= 15 is 0 Å². The highest BCUT2D eigenvalue weighted by Gasteiger charge is 2.31. The lowest BCUT2D eigenvalue weighted by molar-refractivity contribution is -0.139. The van der Waals surface area contributed by atoms with Crippen LogP contribution in [0.5, 0.6) is 0 Å². The first-order valence-electron chi connectivity index (χ1n) is 7.24. The van der Waals surface area contributed by atoms with E-state index in [9.17, 15) is 9.59 Å². The Morgan fingerprint density at radius 3 is 2.95 bits per heavy atom. The molecule has 20 heavy (non-hydrogen) atoms. The molecule has 114 valence electrons. The summed E-state index contributed by atoms with van der Waals surface area (Å²) in [5.74, 6) is 0.0135. The first-order valence-corrected chi connectivity index (χ1v) is 7.24. The molecule has 0 saturated carbocycles. The van der Waals surface area contributed by atoms with Gasteiger partial charge >= 0.3 is 0 Å². The minimum Gasteiger partial charge on any atom is -0.378 e. The lowest BCUT2D eigenvalue weighted by atomic mass is 10.2. The van der Waals surface area contributed by atoms with Crippen LogP contribution in [0.2, 0.25) is 0 Å². The predicted octanol–water partition coefficient (Wildman–Crippen LogP) is -1.74. The van der Waals surface area contributed by atoms with Gasteiger partial charge < -0.3 is 20.3 Å². The Labute approximate surface area is 119 Å². The fraction of sp³-hybridized carbons (Fsp3) is 0.846. The number of carbonyl (C=O) groups excluding carboxylic acids is 2. The summed E-state index contributed by atoms with van der Waals surface area (Å²) >= 11 is 0. The molecular formula is C13H24N4O3. The third kappa shape index (κ3) is 3.91. The second-order valence-corrected chi connectivity index (χ2v) is 5.16. The van der Waals surface area contributed by atoms with Gasteiger partial charge in [0, 0.05) is 33.2 Å². The van der Waals surface area contributed by atoms with Crippen molar-refractivity contribution in [3.05, 3.63) is 0 Å². The molecule has 7 heteroatoms. The first-order chi connectivity index (χ1) is 9.72. The zero-order chi connectivity index (χ0) is 14.4. The van der Waals surface area contributed by atoms with Gasteiger partial charge in [0.05, 0.1) is 19.8 Å². The van der Waals surface area contributed by atoms with Crippen molar-refractivity contribution >= 4 is 11.8 Å². The lowest BCUT2D eigenvalue weighted by Crippen LogP contribution is -2.56. The van der Waals surface area contributed by atoms with Crippen molar-refractivity contribution in [1.82, 2.24) is 20.4 Å². The molecular weight excluding hydrogens is 260 g/mol. The average Bonchev–Trinajstić information content (AvgIpc) is 2.76. The zero-order valence-electron chi connectivity index (χ0n) is 12.1. The molecule has 0 aliphatic carbocycles. The van der Waals surface area contributed by atoms with Gasteiger partial charge in [-0.3, -0.25) is 14.5 Å². The first kappa shape index (κ1) is 15.2. The Morgan fingerprint density at radius 1 is 1.30 bits per heavy atom. The number of nitrogens with one attached hydrogen (secondary N) is 2. The Morgan fingerprint density at radius 2 is 2.15 bits per heavy atom. The van der Waals surface area contributed by atoms with Crippen molar-refractivity contribution in [3.8, 4) is 0 Å². The van der Waals surface area contributed by atoms with Gasteiger partial charge in [-0.1, -0.05) is 0 Å². The monoisotopic (exact) mass is 284 g/mol. The largest absolute Gasteiger partial charge is 0.378 e. The molecule has 0 aromatic carbocycles. The zero-order valence-corrected chi connectivity index (χ0v) is 12.1. The van der Waals surface area contributed by atoms with E-state index in [0.29, 0.717) is 26.3 Å². The minimum absolute atomic E-state index is 0.0879. The van der Waals surface area contributed by atoms with Gasteiger partial charge in [-0.2, -0.15) is 0 Å². The molecule has 1 atom stereocenters. The molecule has 2 heterocycles. The van der Waals surface area contributed by atoms with Crippen molar-refractivity contribution < 1.29 is 14.3 Å². The van der Waals surface area contributed by atoms with Crippen LogP contribution < -0.4 is 10.6 Å². The van der Waals surface area contributed by atoms with E-state index in [-0.39, 0.29) is 17.9 Å². The molecule has 2 aliphatic heterocycles. The van der Waals surface area contributed by atoms with Crippen LogP contribution in [0.25, 0.3) is 0 Å². The molecule has 2 amide bonds. The molecule has 0 aromatic rings. The Kier molecular flexibility index (Phi) is 5.75. The Balaban J connectivity index is 1.91. The number of likely N-dealkylation sites (N-methyl/N-ethyl adjacent to an activating group) is 1. The molecule has 0 bridgehead atoms. The van der Waals surface area contributed by atoms with Crippen LogP contribution in [0.15, 0.2) is 0 Å². The maximum Gasteiger partial charge on any atom is 0.239 e. The van der Waals surface area contributed by atoms with Crippen molar-refractivity contribution in [2.75, 3.05) is 59.5 Å². The topological polar surface area (TPSA) is 73.9 Å². The van der Waals surface area contributed by atoms with Crippen molar-refractivity contribution in [1.29, 1.82) is 0 Å². The highest BCUT2D eigenvalue weighted by atomic mass is 16.5. The van der Waals surface area contributed by atoms with Crippen molar-refractivity contribution in [2.45, 2.75) is 12.5 Å². The summed E-state index contributed by atoms with van der Waals surface area (Å²) in [7, 11) is 1.61. The summed E-state index contributed by atoms with van der Waals surface area (Å²) in [6.45, 7) is 5.18. The van der Waals surface area contributed by atoms with Crippen molar-refractivity contribution in [3.63, 3.8) is 0 Å². The van der Waals surface area contributed by atoms with Crippen LogP contribution in [-0.4, -0.2) is 87.2 Å². The van der Waals surface area contributed by atoms with Gasteiger partial charge in [0.1, 0.15) is 6.04 Å². The summed E-state index contributed by atoms with van der Waals surface area (Å²) in [5.41, 5.74) is 0. The quantitative estimate of drug-likeness (QED) is 0.643. The predicted molar refractivity (Wildman–Crippen MR) is 74.3 cm³/mol. The number of amides is 2. The number of carbonyl (C=O) groups is 2. The molecule has 2 aliphatic rings. The second-order valence-electron chi connectivity index (χ2n) is 5.16. The number of hydrogen-bond acceptors (Lipinski definition) is 5. The lowest BCUT2D eigenvalue weighted by Gasteiger charge is -2.35. The maximum atomic E-state index is 12.4. The Hall–Kier alpha value is -1.18. The summed E-state index contributed by atoms with van der Waals surface area (Å²) in [5, 5.41) is 5.91. The summed E-state index contributed by atoms with van der Waals surface area (Å²) in [6.07, 6.45) is 0.980. The smallest absolute Gasteiger partial charge is 0.239 e. The van der Waals surface area contributed by atoms with Crippen LogP contribution in [0.1, 0.15) is 6.42 Å². The van der Waals surface area contributed by atoms with E-state index in [1.165, 1.54) is 0 Å². The Bertz CT molecular complexity index is 343. The molecule has 0 spiro atoms. The second kappa shape index (κ2) is 7.56. The number of nitrogens with zero attached hydrogens (tertiary/aromatic N) is 2. The van der Waals surface area contributed by atoms with Gasteiger partial charge in [-0.25, -0.2) is 0 Å². The fourth-order valence-electron chi connectivity index (χ4n) is 2.60. The third-order valence-electron chi connectivity index (χ3n) is 3.82. The van der Waals surface area contributed by atoms with E-state index < -0.39 is 0 Å². The van der Waals surface area contributed by atoms with Crippen LogP contribution >= 0.6 is 0 Å². The minimum atomic E-state index is -0.359. The highest BCUT2D eigenvalue weighted by molar-refractivity contribution is 5.83. The van der Waals surface area contributed by atoms with E-state index in [1.807, 2.05) is 9.80 Å². The molecule has 2 N–H and O–H groups in total. The normalized spacial score (nSPS) is 25.1. The molecule has 1 unspecified atom stereocenters. The number of rotatable bonds is 3. The van der Waals surface area contributed by atoms with Gasteiger partial charge in [0.25, 0.3) is 0 Å². The molecule has 7 nitrogen and oxygen atoms in total. The van der Waals surface area contributed by atoms with E-state index in [1.54, 1.807) is 7.05 Å². The molecule has 2 saturated heterocycles. The SMILES string of the molecule is CNC(=O)C1COCCN1CC(=O)N1CCCNCC1. The third-order valence-corrected chi connectivity index (χ3v) is 3.82. The number of ether oxygens (including phenoxy) is 1. The summed E-state index contributed by atoms with van der Waals surface area (Å²) in [4.78, 5) is 28.0. The highest BCUT2D eigenvalue weighted by Crippen LogP contribution is 2.08. The maximum absolute atomic E-state index is 12.4. The summed E-state index contributed by atoms with van der Waals surface area (Å²) in [6, 6.07) is -0.359. The fourth-order valence-corrected chi connectivity index (χ4v) is 2.60. The van der Waals surface area contributed by atoms with Gasteiger partial charge in [-0.15, -0.1) is 0 Å². The van der Waals surface area contributed by atoms with E-state index in [2.05, 4.69) is 10.6 Å². The molecule has 0 aromatic heterocycles. The van der Waals surface area contributed by atoms with Gasteiger partial charge in [0.2, 0.25) is 11.8 Å². The van der Waals surface area contributed by atoms with Crippen LogP contribution in [0.4, 0.5) is 0 Å². The summed E-state index contributed by atoms with van der Waals surface area (Å²) < 4.78 is 5.34. The molecule has 2 rings (SSSR count). The standard InChI is InChI=1S/C13H24N4O3/c1-14-13(19)11-10-20-8-7-17(11)9-12(18)16-5-2-3-15-4-6-16/h11,15H,2-10H2,1H3,(H,14,19). The number of hydrogen-bond donors (Lipinski definition) is 2. The van der Waals surface area contributed by atoms with Crippen LogP contribution in [0.3, 0.4) is 0 Å². The van der Waals surface area contributed by atoms with E-state index in [4.69, 9.17) is 4.74 Å². The molecule has 0 radical (unpaired) electrons. The van der Waals surface area contributed by atoms with Crippen LogP contribution in [0, 0.1) is 0 Å². The molecule has 2 fully saturated rings. The van der Waals surface area contributed by atoms with Crippen molar-refractivity contribution in [2.24, 2.45) is 0 Å². The van der Waals surface area contributed by atoms with E-state index in [0.717, 1.165) is 32.6 Å². The average molecular weight is 284 g/mol. The van der Waals surface area contributed by atoms with Crippen LogP contribution in [-0.2, 0) is 14.3 Å². The van der Waals surface area contributed by atoms with Gasteiger partial charge in [0.15, 0.2) is 0 Å². The van der Waals surface area contributed by atoms with Gasteiger partial charge in [-0.05, 0) is 13.0 Å². The number of morpholine rings is 1.